The molecule has 168 valence electrons. The van der Waals surface area contributed by atoms with E-state index in [4.69, 9.17) is 23.7 Å². The molecule has 8 heteroatoms. The third kappa shape index (κ3) is 4.64. The second kappa shape index (κ2) is 10.3. The molecule has 0 fully saturated rings. The molecule has 0 bridgehead atoms. The summed E-state index contributed by atoms with van der Waals surface area (Å²) in [6, 6.07) is 16.0. The molecule has 0 amide bonds. The van der Waals surface area contributed by atoms with Gasteiger partial charge in [0, 0.05) is 6.07 Å². The largest absolute Gasteiger partial charge is 0.493 e. The summed E-state index contributed by atoms with van der Waals surface area (Å²) in [5.41, 5.74) is 1.67. The molecule has 0 aliphatic heterocycles. The highest BCUT2D eigenvalue weighted by atomic mass is 16.5. The summed E-state index contributed by atoms with van der Waals surface area (Å²) in [5.74, 6) is 0.612. The molecule has 8 nitrogen and oxygen atoms in total. The molecular weight excluding hydrogens is 414 g/mol. The zero-order valence-electron chi connectivity index (χ0n) is 18.3. The van der Waals surface area contributed by atoms with Crippen molar-refractivity contribution >= 4 is 17.3 Å². The zero-order chi connectivity index (χ0) is 23.1. The Balaban J connectivity index is 2.08. The summed E-state index contributed by atoms with van der Waals surface area (Å²) >= 11 is 0. The topological polar surface area (TPSA) is 95.5 Å². The Hall–Kier alpha value is -4.07. The quantitative estimate of drug-likeness (QED) is 0.468. The molecule has 0 saturated carbocycles. The van der Waals surface area contributed by atoms with Crippen molar-refractivity contribution < 1.29 is 33.6 Å². The van der Waals surface area contributed by atoms with Gasteiger partial charge in [-0.3, -0.25) is 0 Å². The number of para-hydroxylation sites is 1. The number of methoxy groups -OCH3 is 4. The van der Waals surface area contributed by atoms with Gasteiger partial charge in [-0.2, -0.15) is 0 Å². The van der Waals surface area contributed by atoms with Crippen molar-refractivity contribution in [1.29, 1.82) is 0 Å². The van der Waals surface area contributed by atoms with Crippen LogP contribution in [0.4, 0.5) is 11.4 Å². The molecule has 0 spiro atoms. The lowest BCUT2D eigenvalue weighted by atomic mass is 10.1. The summed E-state index contributed by atoms with van der Waals surface area (Å²) in [4.78, 5) is 11.9. The van der Waals surface area contributed by atoms with E-state index in [9.17, 15) is 9.90 Å². The predicted molar refractivity (Wildman–Crippen MR) is 120 cm³/mol. The van der Waals surface area contributed by atoms with Gasteiger partial charge >= 0.3 is 5.97 Å². The fourth-order valence-electron chi connectivity index (χ4n) is 3.25. The van der Waals surface area contributed by atoms with Crippen molar-refractivity contribution in [3.63, 3.8) is 0 Å². The van der Waals surface area contributed by atoms with Crippen LogP contribution in [-0.4, -0.2) is 39.5 Å². The van der Waals surface area contributed by atoms with E-state index in [2.05, 4.69) is 5.32 Å². The number of carbonyl (C=O) groups is 1. The average Bonchev–Trinajstić information content (AvgIpc) is 2.82. The van der Waals surface area contributed by atoms with E-state index in [0.717, 1.165) is 5.56 Å². The number of hydrogen-bond acceptors (Lipinski definition) is 7. The minimum Gasteiger partial charge on any atom is -0.493 e. The predicted octanol–water partition coefficient (Wildman–Crippen LogP) is 4.74. The van der Waals surface area contributed by atoms with E-state index >= 15 is 0 Å². The van der Waals surface area contributed by atoms with Crippen molar-refractivity contribution in [3.8, 4) is 28.7 Å². The van der Waals surface area contributed by atoms with Crippen molar-refractivity contribution in [2.24, 2.45) is 0 Å². The van der Waals surface area contributed by atoms with Gasteiger partial charge < -0.3 is 34.1 Å². The van der Waals surface area contributed by atoms with Crippen molar-refractivity contribution in [2.45, 2.75) is 6.61 Å². The van der Waals surface area contributed by atoms with Crippen molar-refractivity contribution in [3.05, 3.63) is 65.7 Å². The number of anilines is 2. The summed E-state index contributed by atoms with van der Waals surface area (Å²) < 4.78 is 27.8. The monoisotopic (exact) mass is 439 g/mol. The number of aromatic carboxylic acids is 1. The molecule has 0 aliphatic carbocycles. The molecule has 3 aromatic carbocycles. The Morgan fingerprint density at radius 2 is 1.50 bits per heavy atom. The van der Waals surface area contributed by atoms with Crippen LogP contribution in [0.25, 0.3) is 0 Å². The van der Waals surface area contributed by atoms with Crippen LogP contribution in [-0.2, 0) is 6.61 Å². The maximum Gasteiger partial charge on any atom is 0.337 e. The molecule has 0 aromatic heterocycles. The minimum atomic E-state index is -1.11. The first kappa shape index (κ1) is 22.6. The Morgan fingerprint density at radius 1 is 0.812 bits per heavy atom. The first-order valence-corrected chi connectivity index (χ1v) is 9.71. The van der Waals surface area contributed by atoms with Crippen molar-refractivity contribution in [1.82, 2.24) is 0 Å². The van der Waals surface area contributed by atoms with Gasteiger partial charge in [0.2, 0.25) is 11.5 Å². The smallest absolute Gasteiger partial charge is 0.337 e. The van der Waals surface area contributed by atoms with E-state index in [-0.39, 0.29) is 17.9 Å². The summed E-state index contributed by atoms with van der Waals surface area (Å²) in [7, 11) is 5.93. The highest BCUT2D eigenvalue weighted by Crippen LogP contribution is 2.50. The fraction of sp³-hybridized carbons (Fsp3) is 0.208. The number of carboxylic acid groups (broad SMARTS) is 1. The van der Waals surface area contributed by atoms with Crippen LogP contribution in [0.15, 0.2) is 54.6 Å². The van der Waals surface area contributed by atoms with Gasteiger partial charge in [0.1, 0.15) is 12.4 Å². The third-order valence-corrected chi connectivity index (χ3v) is 4.74. The first-order chi connectivity index (χ1) is 15.5. The van der Waals surface area contributed by atoms with Crippen LogP contribution >= 0.6 is 0 Å². The normalized spacial score (nSPS) is 10.2. The highest BCUT2D eigenvalue weighted by molar-refractivity contribution is 5.97. The number of rotatable bonds is 10. The Morgan fingerprint density at radius 3 is 2.09 bits per heavy atom. The second-order valence-corrected chi connectivity index (χ2v) is 6.61. The SMILES string of the molecule is COc1cc(Nc2c(OCc3ccccc3)cccc2C(=O)O)c(OC)c(OC)c1OC. The van der Waals surface area contributed by atoms with Crippen LogP contribution in [0, 0.1) is 0 Å². The van der Waals surface area contributed by atoms with Gasteiger partial charge in [0.25, 0.3) is 0 Å². The molecule has 2 N–H and O–H groups in total. The molecule has 0 unspecified atom stereocenters. The van der Waals surface area contributed by atoms with E-state index in [0.29, 0.717) is 34.4 Å². The average molecular weight is 439 g/mol. The van der Waals surface area contributed by atoms with Gasteiger partial charge in [-0.25, -0.2) is 4.79 Å². The van der Waals surface area contributed by atoms with Crippen LogP contribution in [0.5, 0.6) is 28.7 Å². The number of hydrogen-bond donors (Lipinski definition) is 2. The first-order valence-electron chi connectivity index (χ1n) is 9.71. The van der Waals surface area contributed by atoms with Gasteiger partial charge in [0.15, 0.2) is 11.5 Å². The van der Waals surface area contributed by atoms with Gasteiger partial charge in [-0.1, -0.05) is 36.4 Å². The van der Waals surface area contributed by atoms with Crippen LogP contribution in [0.1, 0.15) is 15.9 Å². The lowest BCUT2D eigenvalue weighted by molar-refractivity contribution is 0.0697. The number of ether oxygens (including phenoxy) is 5. The molecule has 32 heavy (non-hydrogen) atoms. The van der Waals surface area contributed by atoms with Crippen LogP contribution in [0.3, 0.4) is 0 Å². The Kier molecular flexibility index (Phi) is 7.28. The van der Waals surface area contributed by atoms with E-state index in [1.54, 1.807) is 18.2 Å². The standard InChI is InChI=1S/C24H25NO7/c1-28-19-13-17(21(29-2)23(31-4)22(19)30-3)25-20-16(24(26)27)11-8-12-18(20)32-14-15-9-6-5-7-10-15/h5-13,25H,14H2,1-4H3,(H,26,27). The minimum absolute atomic E-state index is 0.0337. The molecule has 0 aliphatic rings. The molecule has 0 heterocycles. The number of nitrogens with one attached hydrogen (secondary N) is 1. The molecular formula is C24H25NO7. The maximum atomic E-state index is 11.9. The highest BCUT2D eigenvalue weighted by Gasteiger charge is 2.24. The zero-order valence-corrected chi connectivity index (χ0v) is 18.3. The summed E-state index contributed by atoms with van der Waals surface area (Å²) in [5, 5.41) is 12.9. The summed E-state index contributed by atoms with van der Waals surface area (Å²) in [6.45, 7) is 0.269. The van der Waals surface area contributed by atoms with E-state index in [1.165, 1.54) is 34.5 Å². The number of benzene rings is 3. The fourth-order valence-corrected chi connectivity index (χ4v) is 3.25. The molecule has 3 aromatic rings. The Labute approximate surface area is 186 Å². The molecule has 0 atom stereocenters. The van der Waals surface area contributed by atoms with Gasteiger partial charge in [-0.05, 0) is 17.7 Å². The van der Waals surface area contributed by atoms with Crippen molar-refractivity contribution in [2.75, 3.05) is 33.8 Å². The van der Waals surface area contributed by atoms with E-state index in [1.807, 2.05) is 30.3 Å². The van der Waals surface area contributed by atoms with Crippen LogP contribution in [0.2, 0.25) is 0 Å². The number of carboxylic acids is 1. The Bertz CT molecular complexity index is 1080. The van der Waals surface area contributed by atoms with Gasteiger partial charge in [-0.15, -0.1) is 0 Å². The maximum absolute atomic E-state index is 11.9. The second-order valence-electron chi connectivity index (χ2n) is 6.61. The molecule has 0 radical (unpaired) electrons. The third-order valence-electron chi connectivity index (χ3n) is 4.74. The molecule has 3 rings (SSSR count). The van der Waals surface area contributed by atoms with Crippen LogP contribution < -0.4 is 29.0 Å². The van der Waals surface area contributed by atoms with Gasteiger partial charge in [0.05, 0.1) is 45.4 Å². The lowest BCUT2D eigenvalue weighted by Gasteiger charge is -2.21. The summed E-state index contributed by atoms with van der Waals surface area (Å²) in [6.07, 6.45) is 0. The lowest BCUT2D eigenvalue weighted by Crippen LogP contribution is -2.08. The van der Waals surface area contributed by atoms with E-state index < -0.39 is 5.97 Å². The molecule has 0 saturated heterocycles.